The van der Waals surface area contributed by atoms with Crippen molar-refractivity contribution in [1.82, 2.24) is 0 Å². The highest BCUT2D eigenvalue weighted by molar-refractivity contribution is 7.21. The van der Waals surface area contributed by atoms with Gasteiger partial charge in [0.1, 0.15) is 5.82 Å². The number of benzene rings is 2. The second-order valence-corrected chi connectivity index (χ2v) is 5.57. The molecule has 2 aromatic carbocycles. The minimum absolute atomic E-state index is 0.0646. The third-order valence-corrected chi connectivity index (χ3v) is 4.12. The molecule has 0 aliphatic heterocycles. The van der Waals surface area contributed by atoms with Gasteiger partial charge in [-0.1, -0.05) is 29.8 Å². The molecule has 19 heavy (non-hydrogen) atoms. The van der Waals surface area contributed by atoms with E-state index in [2.05, 4.69) is 0 Å². The Bertz CT molecular complexity index is 820. The molecule has 0 atom stereocenters. The topological polar surface area (TPSA) is 17.1 Å². The van der Waals surface area contributed by atoms with Crippen LogP contribution in [-0.4, -0.2) is 0 Å². The number of rotatable bonds is 1. The van der Waals surface area contributed by atoms with E-state index in [-0.39, 0.29) is 11.2 Å². The first kappa shape index (κ1) is 12.1. The summed E-state index contributed by atoms with van der Waals surface area (Å²) in [5.74, 6) is -0.315. The van der Waals surface area contributed by atoms with Crippen molar-refractivity contribution in [3.05, 3.63) is 70.1 Å². The molecule has 1 nitrogen and oxygen atoms in total. The zero-order valence-corrected chi connectivity index (χ0v) is 11.1. The van der Waals surface area contributed by atoms with E-state index in [1.807, 2.05) is 31.2 Å². The predicted octanol–water partition coefficient (Wildman–Crippen LogP) is 4.38. The molecule has 0 unspecified atom stereocenters. The Balaban J connectivity index is 2.28. The van der Waals surface area contributed by atoms with Crippen LogP contribution in [0.5, 0.6) is 0 Å². The van der Waals surface area contributed by atoms with Gasteiger partial charge in [-0.05, 0) is 30.7 Å². The Hall–Kier alpha value is -2.00. The lowest BCUT2D eigenvalue weighted by molar-refractivity contribution is 0.630. The highest BCUT2D eigenvalue weighted by Gasteiger charge is 2.06. The first-order valence-electron chi connectivity index (χ1n) is 5.94. The van der Waals surface area contributed by atoms with Crippen LogP contribution in [0.25, 0.3) is 20.5 Å². The summed E-state index contributed by atoms with van der Waals surface area (Å²) in [5.41, 5.74) is 2.06. The molecule has 0 N–H and O–H groups in total. The largest absolute Gasteiger partial charge is 0.289 e. The number of halogens is 1. The quantitative estimate of drug-likeness (QED) is 0.641. The van der Waals surface area contributed by atoms with Gasteiger partial charge in [-0.2, -0.15) is 0 Å². The third-order valence-electron chi connectivity index (χ3n) is 2.99. The van der Waals surface area contributed by atoms with Gasteiger partial charge in [0.25, 0.3) is 0 Å². The summed E-state index contributed by atoms with van der Waals surface area (Å²) in [5, 5.41) is 0.572. The summed E-state index contributed by atoms with van der Waals surface area (Å²) in [6, 6.07) is 13.9. The monoisotopic (exact) mass is 270 g/mol. The van der Waals surface area contributed by atoms with Gasteiger partial charge < -0.3 is 0 Å². The van der Waals surface area contributed by atoms with Crippen molar-refractivity contribution in [2.45, 2.75) is 6.92 Å². The molecule has 0 saturated heterocycles. The average Bonchev–Trinajstić information content (AvgIpc) is 2.38. The summed E-state index contributed by atoms with van der Waals surface area (Å²) >= 11 is 1.44. The van der Waals surface area contributed by atoms with Crippen molar-refractivity contribution in [2.75, 3.05) is 0 Å². The predicted molar refractivity (Wildman–Crippen MR) is 78.2 cm³/mol. The fourth-order valence-electron chi connectivity index (χ4n) is 2.07. The van der Waals surface area contributed by atoms with E-state index in [1.165, 1.54) is 23.5 Å². The molecular weight excluding hydrogens is 259 g/mol. The van der Waals surface area contributed by atoms with Crippen molar-refractivity contribution in [3.63, 3.8) is 0 Å². The second kappa shape index (κ2) is 4.59. The van der Waals surface area contributed by atoms with Crippen molar-refractivity contribution < 1.29 is 4.39 Å². The van der Waals surface area contributed by atoms with Crippen LogP contribution in [0, 0.1) is 12.7 Å². The van der Waals surface area contributed by atoms with Crippen molar-refractivity contribution in [1.29, 1.82) is 0 Å². The zero-order chi connectivity index (χ0) is 13.4. The Labute approximate surface area is 114 Å². The highest BCUT2D eigenvalue weighted by Crippen LogP contribution is 2.28. The fraction of sp³-hybridized carbons (Fsp3) is 0.0625. The Morgan fingerprint density at radius 2 is 1.89 bits per heavy atom. The molecule has 0 radical (unpaired) electrons. The maximum atomic E-state index is 13.3. The van der Waals surface area contributed by atoms with Gasteiger partial charge in [-0.15, -0.1) is 11.3 Å². The minimum atomic E-state index is -0.315. The van der Waals surface area contributed by atoms with Crippen LogP contribution < -0.4 is 5.43 Å². The van der Waals surface area contributed by atoms with Gasteiger partial charge in [0.2, 0.25) is 0 Å². The fourth-order valence-corrected chi connectivity index (χ4v) is 3.17. The lowest BCUT2D eigenvalue weighted by Crippen LogP contribution is -1.99. The van der Waals surface area contributed by atoms with E-state index >= 15 is 0 Å². The highest BCUT2D eigenvalue weighted by atomic mass is 32.1. The Kier molecular flexibility index (Phi) is 2.91. The van der Waals surface area contributed by atoms with E-state index in [9.17, 15) is 9.18 Å². The number of aryl methyl sites for hydroxylation is 1. The van der Waals surface area contributed by atoms with Crippen molar-refractivity contribution in [2.24, 2.45) is 0 Å². The van der Waals surface area contributed by atoms with E-state index in [0.717, 1.165) is 16.0 Å². The molecule has 3 rings (SSSR count). The Morgan fingerprint density at radius 3 is 2.68 bits per heavy atom. The smallest absolute Gasteiger partial charge is 0.188 e. The summed E-state index contributed by atoms with van der Waals surface area (Å²) in [6.07, 6.45) is 0. The maximum Gasteiger partial charge on any atom is 0.188 e. The average molecular weight is 270 g/mol. The van der Waals surface area contributed by atoms with Crippen LogP contribution >= 0.6 is 11.3 Å². The SMILES string of the molecule is Cc1cccc(-c2cc(=O)c3ccc(F)cc3s2)c1. The molecule has 0 amide bonds. The van der Waals surface area contributed by atoms with Gasteiger partial charge in [-0.3, -0.25) is 4.79 Å². The normalized spacial score (nSPS) is 10.8. The molecule has 3 heteroatoms. The molecule has 1 heterocycles. The summed E-state index contributed by atoms with van der Waals surface area (Å²) in [4.78, 5) is 12.9. The van der Waals surface area contributed by atoms with E-state index in [4.69, 9.17) is 0 Å². The molecule has 94 valence electrons. The van der Waals surface area contributed by atoms with Crippen LogP contribution in [-0.2, 0) is 0 Å². The number of hydrogen-bond donors (Lipinski definition) is 0. The summed E-state index contributed by atoms with van der Waals surface area (Å²) in [6.45, 7) is 2.01. The molecule has 0 fully saturated rings. The molecule has 0 saturated carbocycles. The maximum absolute atomic E-state index is 13.3. The second-order valence-electron chi connectivity index (χ2n) is 4.48. The number of fused-ring (bicyclic) bond motifs is 1. The van der Waals surface area contributed by atoms with Gasteiger partial charge in [-0.25, -0.2) is 4.39 Å². The standard InChI is InChI=1S/C16H11FOS/c1-10-3-2-4-11(7-10)15-9-14(18)13-6-5-12(17)8-16(13)19-15/h2-9H,1H3. The first-order valence-corrected chi connectivity index (χ1v) is 6.75. The van der Waals surface area contributed by atoms with E-state index < -0.39 is 0 Å². The summed E-state index contributed by atoms with van der Waals surface area (Å²) < 4.78 is 14.0. The first-order chi connectivity index (χ1) is 9.13. The molecule has 1 aromatic heterocycles. The third kappa shape index (κ3) is 2.29. The Morgan fingerprint density at radius 1 is 1.05 bits per heavy atom. The van der Waals surface area contributed by atoms with E-state index in [1.54, 1.807) is 12.1 Å². The molecule has 3 aromatic rings. The summed E-state index contributed by atoms with van der Waals surface area (Å²) in [7, 11) is 0. The van der Waals surface area contributed by atoms with Crippen LogP contribution in [0.4, 0.5) is 4.39 Å². The van der Waals surface area contributed by atoms with Gasteiger partial charge in [0, 0.05) is 21.0 Å². The van der Waals surface area contributed by atoms with Gasteiger partial charge in [0.05, 0.1) is 0 Å². The van der Waals surface area contributed by atoms with Crippen molar-refractivity contribution >= 4 is 21.4 Å². The minimum Gasteiger partial charge on any atom is -0.289 e. The van der Waals surface area contributed by atoms with E-state index in [0.29, 0.717) is 10.1 Å². The van der Waals surface area contributed by atoms with Crippen LogP contribution in [0.2, 0.25) is 0 Å². The molecule has 0 bridgehead atoms. The lowest BCUT2D eigenvalue weighted by atomic mass is 10.1. The molecule has 0 spiro atoms. The van der Waals surface area contributed by atoms with Gasteiger partial charge >= 0.3 is 0 Å². The van der Waals surface area contributed by atoms with Crippen LogP contribution in [0.15, 0.2) is 53.3 Å². The van der Waals surface area contributed by atoms with Crippen molar-refractivity contribution in [3.8, 4) is 10.4 Å². The van der Waals surface area contributed by atoms with Crippen LogP contribution in [0.3, 0.4) is 0 Å². The molecule has 0 aliphatic rings. The molecule has 0 aliphatic carbocycles. The van der Waals surface area contributed by atoms with Crippen LogP contribution in [0.1, 0.15) is 5.56 Å². The van der Waals surface area contributed by atoms with Gasteiger partial charge in [0.15, 0.2) is 5.43 Å². The lowest BCUT2D eigenvalue weighted by Gasteiger charge is -2.04. The number of hydrogen-bond acceptors (Lipinski definition) is 2. The molecular formula is C16H11FOS. The zero-order valence-electron chi connectivity index (χ0n) is 10.3.